The first kappa shape index (κ1) is 13.3. The summed E-state index contributed by atoms with van der Waals surface area (Å²) in [5.74, 6) is 0.648. The zero-order chi connectivity index (χ0) is 13.7. The van der Waals surface area contributed by atoms with Crippen LogP contribution < -0.4 is 4.74 Å². The molecule has 1 aromatic heterocycles. The molecule has 0 aliphatic heterocycles. The molecule has 5 nitrogen and oxygen atoms in total. The average molecular weight is 260 g/mol. The van der Waals surface area contributed by atoms with E-state index in [4.69, 9.17) is 4.74 Å². The standard InChI is InChI=1S/C14H16N2O3/c1-11(17)12-3-5-14(6-4-12)19-10-13(18)9-16-8-2-7-15-16/h2-8,13,18H,9-10H2,1H3. The number of aromatic nitrogens is 2. The topological polar surface area (TPSA) is 64.3 Å². The maximum atomic E-state index is 11.1. The minimum absolute atomic E-state index is 0.0188. The zero-order valence-corrected chi connectivity index (χ0v) is 10.7. The number of ether oxygens (including phenoxy) is 1. The van der Waals surface area contributed by atoms with E-state index < -0.39 is 6.10 Å². The number of hydrogen-bond donors (Lipinski definition) is 1. The number of aliphatic hydroxyl groups excluding tert-OH is 1. The lowest BCUT2D eigenvalue weighted by atomic mass is 10.1. The number of ketones is 1. The fourth-order valence-electron chi connectivity index (χ4n) is 1.66. The Balaban J connectivity index is 1.83. The summed E-state index contributed by atoms with van der Waals surface area (Å²) in [4.78, 5) is 11.1. The lowest BCUT2D eigenvalue weighted by Crippen LogP contribution is -2.23. The van der Waals surface area contributed by atoms with Crippen LogP contribution in [0.4, 0.5) is 0 Å². The number of aliphatic hydroxyl groups is 1. The molecule has 0 aliphatic carbocycles. The minimum Gasteiger partial charge on any atom is -0.491 e. The van der Waals surface area contributed by atoms with Gasteiger partial charge in [0.15, 0.2) is 5.78 Å². The van der Waals surface area contributed by atoms with Crippen LogP contribution in [-0.2, 0) is 6.54 Å². The first-order valence-electron chi connectivity index (χ1n) is 6.04. The van der Waals surface area contributed by atoms with Crippen molar-refractivity contribution in [1.82, 2.24) is 9.78 Å². The van der Waals surface area contributed by atoms with Gasteiger partial charge in [0.25, 0.3) is 0 Å². The van der Waals surface area contributed by atoms with Crippen LogP contribution in [-0.4, -0.2) is 33.4 Å². The molecule has 0 fully saturated rings. The average Bonchev–Trinajstić information content (AvgIpc) is 2.89. The summed E-state index contributed by atoms with van der Waals surface area (Å²) in [6, 6.07) is 8.65. The van der Waals surface area contributed by atoms with E-state index in [1.54, 1.807) is 47.4 Å². The van der Waals surface area contributed by atoms with Crippen LogP contribution in [0.1, 0.15) is 17.3 Å². The smallest absolute Gasteiger partial charge is 0.159 e. The second-order valence-corrected chi connectivity index (χ2v) is 4.27. The van der Waals surface area contributed by atoms with Gasteiger partial charge in [0.1, 0.15) is 18.5 Å². The quantitative estimate of drug-likeness (QED) is 0.800. The van der Waals surface area contributed by atoms with Crippen LogP contribution in [0.25, 0.3) is 0 Å². The number of carbonyl (C=O) groups excluding carboxylic acids is 1. The molecule has 1 atom stereocenters. The first-order chi connectivity index (χ1) is 9.15. The molecule has 1 aromatic carbocycles. The summed E-state index contributed by atoms with van der Waals surface area (Å²) in [5.41, 5.74) is 0.643. The van der Waals surface area contributed by atoms with Gasteiger partial charge in [0.2, 0.25) is 0 Å². The van der Waals surface area contributed by atoms with Gasteiger partial charge in [-0.2, -0.15) is 5.10 Å². The Morgan fingerprint density at radius 2 is 2.16 bits per heavy atom. The molecule has 2 aromatic rings. The van der Waals surface area contributed by atoms with E-state index in [9.17, 15) is 9.90 Å². The molecule has 100 valence electrons. The summed E-state index contributed by atoms with van der Waals surface area (Å²) >= 11 is 0. The summed E-state index contributed by atoms with van der Waals surface area (Å²) in [7, 11) is 0. The summed E-state index contributed by atoms with van der Waals surface area (Å²) < 4.78 is 7.09. The molecule has 1 unspecified atom stereocenters. The molecule has 1 N–H and O–H groups in total. The molecular formula is C14H16N2O3. The summed E-state index contributed by atoms with van der Waals surface area (Å²) in [5, 5.41) is 13.8. The molecule has 2 rings (SSSR count). The Bertz CT molecular complexity index is 520. The highest BCUT2D eigenvalue weighted by molar-refractivity contribution is 5.94. The third-order valence-corrected chi connectivity index (χ3v) is 2.66. The predicted molar refractivity (Wildman–Crippen MR) is 70.2 cm³/mol. The monoisotopic (exact) mass is 260 g/mol. The van der Waals surface area contributed by atoms with Crippen molar-refractivity contribution in [3.05, 3.63) is 48.3 Å². The van der Waals surface area contributed by atoms with Crippen molar-refractivity contribution >= 4 is 5.78 Å². The maximum absolute atomic E-state index is 11.1. The van der Waals surface area contributed by atoms with Gasteiger partial charge in [-0.05, 0) is 37.3 Å². The fraction of sp³-hybridized carbons (Fsp3) is 0.286. The summed E-state index contributed by atoms with van der Waals surface area (Å²) in [6.45, 7) is 2.08. The van der Waals surface area contributed by atoms with Crippen molar-refractivity contribution in [2.24, 2.45) is 0 Å². The molecule has 19 heavy (non-hydrogen) atoms. The van der Waals surface area contributed by atoms with Crippen molar-refractivity contribution in [2.75, 3.05) is 6.61 Å². The lowest BCUT2D eigenvalue weighted by Gasteiger charge is -2.12. The molecule has 0 spiro atoms. The van der Waals surface area contributed by atoms with Gasteiger partial charge >= 0.3 is 0 Å². The molecule has 0 radical (unpaired) electrons. The van der Waals surface area contributed by atoms with Gasteiger partial charge in [-0.3, -0.25) is 9.48 Å². The Labute approximate surface area is 111 Å². The third-order valence-electron chi connectivity index (χ3n) is 2.66. The van der Waals surface area contributed by atoms with E-state index in [0.29, 0.717) is 17.9 Å². The Kier molecular flexibility index (Phi) is 4.30. The normalized spacial score (nSPS) is 12.1. The summed E-state index contributed by atoms with van der Waals surface area (Å²) in [6.07, 6.45) is 2.81. The van der Waals surface area contributed by atoms with E-state index in [0.717, 1.165) is 0 Å². The van der Waals surface area contributed by atoms with E-state index in [-0.39, 0.29) is 12.4 Å². The molecule has 1 heterocycles. The number of rotatable bonds is 6. The predicted octanol–water partition coefficient (Wildman–Crippen LogP) is 1.53. The minimum atomic E-state index is -0.632. The number of hydrogen-bond acceptors (Lipinski definition) is 4. The van der Waals surface area contributed by atoms with Crippen LogP contribution in [0.2, 0.25) is 0 Å². The van der Waals surface area contributed by atoms with Crippen LogP contribution in [0, 0.1) is 0 Å². The Morgan fingerprint density at radius 1 is 1.42 bits per heavy atom. The molecule has 5 heteroatoms. The van der Waals surface area contributed by atoms with Gasteiger partial charge in [-0.25, -0.2) is 0 Å². The van der Waals surface area contributed by atoms with E-state index >= 15 is 0 Å². The van der Waals surface area contributed by atoms with E-state index in [2.05, 4.69) is 5.10 Å². The molecule has 0 amide bonds. The lowest BCUT2D eigenvalue weighted by molar-refractivity contribution is 0.0892. The van der Waals surface area contributed by atoms with Crippen molar-refractivity contribution < 1.29 is 14.6 Å². The van der Waals surface area contributed by atoms with E-state index in [1.165, 1.54) is 6.92 Å². The Morgan fingerprint density at radius 3 is 2.74 bits per heavy atom. The van der Waals surface area contributed by atoms with Gasteiger partial charge in [0.05, 0.1) is 6.54 Å². The molecule has 0 saturated heterocycles. The second kappa shape index (κ2) is 6.15. The van der Waals surface area contributed by atoms with Gasteiger partial charge in [-0.1, -0.05) is 0 Å². The van der Waals surface area contributed by atoms with Crippen molar-refractivity contribution in [2.45, 2.75) is 19.6 Å². The van der Waals surface area contributed by atoms with Gasteiger partial charge < -0.3 is 9.84 Å². The van der Waals surface area contributed by atoms with Crippen LogP contribution in [0.15, 0.2) is 42.7 Å². The molecule has 0 saturated carbocycles. The number of benzene rings is 1. The van der Waals surface area contributed by atoms with E-state index in [1.807, 2.05) is 0 Å². The molecule has 0 bridgehead atoms. The Hall–Kier alpha value is -2.14. The highest BCUT2D eigenvalue weighted by Gasteiger charge is 2.07. The van der Waals surface area contributed by atoms with Crippen molar-refractivity contribution in [3.63, 3.8) is 0 Å². The number of nitrogens with zero attached hydrogens (tertiary/aromatic N) is 2. The van der Waals surface area contributed by atoms with Gasteiger partial charge in [0, 0.05) is 18.0 Å². The third kappa shape index (κ3) is 3.93. The van der Waals surface area contributed by atoms with Crippen LogP contribution in [0.3, 0.4) is 0 Å². The van der Waals surface area contributed by atoms with Crippen molar-refractivity contribution in [3.8, 4) is 5.75 Å². The highest BCUT2D eigenvalue weighted by Crippen LogP contribution is 2.13. The zero-order valence-electron chi connectivity index (χ0n) is 10.7. The number of Topliss-reactive ketones (excluding diaryl/α,β-unsaturated/α-hetero) is 1. The number of carbonyl (C=O) groups is 1. The molecular weight excluding hydrogens is 244 g/mol. The van der Waals surface area contributed by atoms with Gasteiger partial charge in [-0.15, -0.1) is 0 Å². The fourth-order valence-corrected chi connectivity index (χ4v) is 1.66. The highest BCUT2D eigenvalue weighted by atomic mass is 16.5. The largest absolute Gasteiger partial charge is 0.491 e. The maximum Gasteiger partial charge on any atom is 0.159 e. The van der Waals surface area contributed by atoms with Crippen molar-refractivity contribution in [1.29, 1.82) is 0 Å². The first-order valence-corrected chi connectivity index (χ1v) is 6.04. The van der Waals surface area contributed by atoms with Crippen LogP contribution in [0.5, 0.6) is 5.75 Å². The molecule has 0 aliphatic rings. The SMILES string of the molecule is CC(=O)c1ccc(OCC(O)Cn2cccn2)cc1. The second-order valence-electron chi connectivity index (χ2n) is 4.27. The van der Waals surface area contributed by atoms with Crippen LogP contribution >= 0.6 is 0 Å².